The molecule has 1 fully saturated rings. The molecule has 7 heteroatoms. The van der Waals surface area contributed by atoms with E-state index in [9.17, 15) is 5.11 Å². The van der Waals surface area contributed by atoms with Crippen molar-refractivity contribution < 1.29 is 19.0 Å². The first-order valence-corrected chi connectivity index (χ1v) is 8.70. The first-order chi connectivity index (χ1) is 12.1. The lowest BCUT2D eigenvalue weighted by Gasteiger charge is -2.27. The number of rotatable bonds is 8. The van der Waals surface area contributed by atoms with Crippen molar-refractivity contribution in [2.75, 3.05) is 26.8 Å². The minimum atomic E-state index is -0.543. The van der Waals surface area contributed by atoms with Gasteiger partial charge in [-0.15, -0.1) is 0 Å². The van der Waals surface area contributed by atoms with Crippen LogP contribution in [0, 0.1) is 6.92 Å². The summed E-state index contributed by atoms with van der Waals surface area (Å²) >= 11 is 0. The van der Waals surface area contributed by atoms with Crippen LogP contribution in [0.2, 0.25) is 0 Å². The van der Waals surface area contributed by atoms with Gasteiger partial charge in [-0.2, -0.15) is 5.10 Å². The molecule has 2 atom stereocenters. The number of furan rings is 1. The predicted octanol–water partition coefficient (Wildman–Crippen LogP) is 2.04. The summed E-state index contributed by atoms with van der Waals surface area (Å²) < 4.78 is 18.1. The van der Waals surface area contributed by atoms with Gasteiger partial charge >= 0.3 is 0 Å². The number of hydrogen-bond acceptors (Lipinski definition) is 6. The smallest absolute Gasteiger partial charge is 0.216 e. The monoisotopic (exact) mass is 349 g/mol. The van der Waals surface area contributed by atoms with Gasteiger partial charge < -0.3 is 19.0 Å². The number of aliphatic hydroxyl groups is 1. The summed E-state index contributed by atoms with van der Waals surface area (Å²) in [4.78, 5) is 2.30. The Morgan fingerprint density at radius 3 is 3.04 bits per heavy atom. The van der Waals surface area contributed by atoms with Crippen molar-refractivity contribution in [1.29, 1.82) is 0 Å². The van der Waals surface area contributed by atoms with Gasteiger partial charge in [-0.05, 0) is 38.4 Å². The number of nitrogens with zero attached hydrogens (tertiary/aromatic N) is 3. The zero-order valence-corrected chi connectivity index (χ0v) is 15.1. The Hall–Kier alpha value is -1.83. The van der Waals surface area contributed by atoms with E-state index in [0.29, 0.717) is 13.2 Å². The molecule has 1 aliphatic heterocycles. The van der Waals surface area contributed by atoms with Crippen LogP contribution in [0.3, 0.4) is 0 Å². The molecule has 2 aromatic heterocycles. The Balaban J connectivity index is 1.58. The minimum Gasteiger partial charge on any atom is -0.481 e. The van der Waals surface area contributed by atoms with E-state index in [4.69, 9.17) is 13.9 Å². The molecule has 1 saturated heterocycles. The first kappa shape index (κ1) is 18.0. The maximum absolute atomic E-state index is 10.4. The highest BCUT2D eigenvalue weighted by atomic mass is 16.5. The maximum atomic E-state index is 10.4. The largest absolute Gasteiger partial charge is 0.481 e. The van der Waals surface area contributed by atoms with Gasteiger partial charge in [0.25, 0.3) is 0 Å². The van der Waals surface area contributed by atoms with Gasteiger partial charge in [0.1, 0.15) is 12.4 Å². The van der Waals surface area contributed by atoms with Crippen LogP contribution in [-0.2, 0) is 18.4 Å². The van der Waals surface area contributed by atoms with Crippen LogP contribution >= 0.6 is 0 Å². The quantitative estimate of drug-likeness (QED) is 0.786. The van der Waals surface area contributed by atoms with Gasteiger partial charge in [-0.3, -0.25) is 4.90 Å². The summed E-state index contributed by atoms with van der Waals surface area (Å²) in [6.45, 7) is 4.20. The van der Waals surface area contributed by atoms with Crippen LogP contribution in [-0.4, -0.2) is 52.7 Å². The normalized spacial score (nSPS) is 19.4. The molecule has 0 radical (unpaired) electrons. The number of likely N-dealkylation sites (tertiary alicyclic amines) is 1. The molecular weight excluding hydrogens is 322 g/mol. The zero-order valence-electron chi connectivity index (χ0n) is 15.1. The van der Waals surface area contributed by atoms with E-state index in [1.807, 2.05) is 26.1 Å². The molecule has 0 bridgehead atoms. The van der Waals surface area contributed by atoms with Gasteiger partial charge in [0, 0.05) is 19.6 Å². The Kier molecular flexibility index (Phi) is 5.78. The van der Waals surface area contributed by atoms with E-state index in [0.717, 1.165) is 42.3 Å². The molecule has 2 aromatic rings. The molecule has 1 aliphatic rings. The highest BCUT2D eigenvalue weighted by molar-refractivity contribution is 5.35. The van der Waals surface area contributed by atoms with Crippen LogP contribution in [0.15, 0.2) is 22.8 Å². The van der Waals surface area contributed by atoms with Crippen LogP contribution in [0.4, 0.5) is 0 Å². The standard InChI is InChI=1S/C18H27N3O4/c1-13-17(18(23-3)20(2)19-13)16-7-4-8-21(16)10-14(22)11-24-12-15-6-5-9-25-15/h5-6,9,14,16,22H,4,7-8,10-12H2,1-3H3/t14-,16+/m1/s1. The molecule has 0 saturated carbocycles. The average molecular weight is 349 g/mol. The van der Waals surface area contributed by atoms with E-state index in [-0.39, 0.29) is 12.6 Å². The second kappa shape index (κ2) is 8.03. The van der Waals surface area contributed by atoms with Gasteiger partial charge in [0.2, 0.25) is 5.88 Å². The topological polar surface area (TPSA) is 72.9 Å². The number of aromatic nitrogens is 2. The van der Waals surface area contributed by atoms with E-state index >= 15 is 0 Å². The number of aliphatic hydroxyl groups excluding tert-OH is 1. The van der Waals surface area contributed by atoms with Crippen molar-refractivity contribution in [3.05, 3.63) is 35.4 Å². The summed E-state index contributed by atoms with van der Waals surface area (Å²) in [7, 11) is 3.57. The molecule has 0 amide bonds. The second-order valence-corrected chi connectivity index (χ2v) is 6.53. The third-order valence-corrected chi connectivity index (χ3v) is 4.68. The Morgan fingerprint density at radius 2 is 2.32 bits per heavy atom. The van der Waals surface area contributed by atoms with Crippen molar-refractivity contribution in [3.8, 4) is 5.88 Å². The van der Waals surface area contributed by atoms with Crippen molar-refractivity contribution in [3.63, 3.8) is 0 Å². The number of ether oxygens (including phenoxy) is 2. The molecule has 0 aliphatic carbocycles. The maximum Gasteiger partial charge on any atom is 0.216 e. The lowest BCUT2D eigenvalue weighted by molar-refractivity contribution is 0.00293. The molecule has 0 aromatic carbocycles. The van der Waals surface area contributed by atoms with Crippen molar-refractivity contribution in [1.82, 2.24) is 14.7 Å². The Labute approximate surface area is 148 Å². The second-order valence-electron chi connectivity index (χ2n) is 6.53. The van der Waals surface area contributed by atoms with Gasteiger partial charge in [-0.25, -0.2) is 4.68 Å². The molecular formula is C18H27N3O4. The number of hydrogen-bond donors (Lipinski definition) is 1. The lowest BCUT2D eigenvalue weighted by atomic mass is 10.0. The van der Waals surface area contributed by atoms with E-state index in [2.05, 4.69) is 10.00 Å². The van der Waals surface area contributed by atoms with Crippen LogP contribution < -0.4 is 4.74 Å². The average Bonchev–Trinajstić information content (AvgIpc) is 3.28. The molecule has 7 nitrogen and oxygen atoms in total. The zero-order chi connectivity index (χ0) is 17.8. The SMILES string of the molecule is COc1c([C@@H]2CCCN2C[C@@H](O)COCc2ccco2)c(C)nn1C. The van der Waals surface area contributed by atoms with Crippen LogP contribution in [0.5, 0.6) is 5.88 Å². The van der Waals surface area contributed by atoms with E-state index in [1.165, 1.54) is 0 Å². The third kappa shape index (κ3) is 4.05. The molecule has 3 rings (SSSR count). The Bertz CT molecular complexity index is 668. The fourth-order valence-electron chi connectivity index (χ4n) is 3.66. The lowest BCUT2D eigenvalue weighted by Crippen LogP contribution is -2.34. The van der Waals surface area contributed by atoms with Crippen LogP contribution in [0.1, 0.15) is 35.9 Å². The van der Waals surface area contributed by atoms with Crippen molar-refractivity contribution >= 4 is 0 Å². The van der Waals surface area contributed by atoms with Crippen LogP contribution in [0.25, 0.3) is 0 Å². The van der Waals surface area contributed by atoms with Gasteiger partial charge in [-0.1, -0.05) is 0 Å². The molecule has 25 heavy (non-hydrogen) atoms. The third-order valence-electron chi connectivity index (χ3n) is 4.68. The highest BCUT2D eigenvalue weighted by Gasteiger charge is 2.33. The summed E-state index contributed by atoms with van der Waals surface area (Å²) in [6.07, 6.45) is 3.22. The van der Waals surface area contributed by atoms with Crippen molar-refractivity contribution in [2.24, 2.45) is 7.05 Å². The minimum absolute atomic E-state index is 0.225. The number of β-amino-alcohol motifs (C(OH)–C–C–N with tert-alkyl or cyclic N) is 1. The Morgan fingerprint density at radius 1 is 1.48 bits per heavy atom. The summed E-state index contributed by atoms with van der Waals surface area (Å²) in [5.41, 5.74) is 2.12. The predicted molar refractivity (Wildman–Crippen MR) is 92.4 cm³/mol. The molecule has 138 valence electrons. The number of aryl methyl sites for hydroxylation is 2. The van der Waals surface area contributed by atoms with E-state index in [1.54, 1.807) is 18.1 Å². The molecule has 0 unspecified atom stereocenters. The fraction of sp³-hybridized carbons (Fsp3) is 0.611. The molecule has 3 heterocycles. The highest BCUT2D eigenvalue weighted by Crippen LogP contribution is 2.38. The molecule has 1 N–H and O–H groups in total. The first-order valence-electron chi connectivity index (χ1n) is 8.70. The summed E-state index contributed by atoms with van der Waals surface area (Å²) in [6, 6.07) is 3.91. The van der Waals surface area contributed by atoms with Crippen molar-refractivity contribution in [2.45, 2.75) is 38.5 Å². The van der Waals surface area contributed by atoms with Gasteiger partial charge in [0.15, 0.2) is 0 Å². The number of methoxy groups -OCH3 is 1. The van der Waals surface area contributed by atoms with Gasteiger partial charge in [0.05, 0.1) is 37.3 Å². The summed E-state index contributed by atoms with van der Waals surface area (Å²) in [5, 5.41) is 14.8. The van der Waals surface area contributed by atoms with E-state index < -0.39 is 6.10 Å². The summed E-state index contributed by atoms with van der Waals surface area (Å²) in [5.74, 6) is 1.57. The fourth-order valence-corrected chi connectivity index (χ4v) is 3.66. The molecule has 0 spiro atoms.